The molecule has 32 heavy (non-hydrogen) atoms. The SMILES string of the molecule is CN=C(NCC(c1ccc(OC)c(OC)c1)N1CCOCC1)NC1CCN(C(C)C)CC1. The molecule has 0 spiro atoms. The molecule has 2 heterocycles. The predicted octanol–water partition coefficient (Wildman–Crippen LogP) is 2.11. The third-order valence-corrected chi connectivity index (χ3v) is 6.57. The van der Waals surface area contributed by atoms with E-state index in [1.807, 2.05) is 13.1 Å². The van der Waals surface area contributed by atoms with Crippen molar-refractivity contribution in [1.29, 1.82) is 0 Å². The van der Waals surface area contributed by atoms with Crippen molar-refractivity contribution in [3.05, 3.63) is 23.8 Å². The Balaban J connectivity index is 1.65. The van der Waals surface area contributed by atoms with Crippen molar-refractivity contribution in [2.24, 2.45) is 4.99 Å². The first-order valence-electron chi connectivity index (χ1n) is 11.8. The molecule has 8 nitrogen and oxygen atoms in total. The van der Waals surface area contributed by atoms with Gasteiger partial charge in [-0.25, -0.2) is 0 Å². The monoisotopic (exact) mass is 447 g/mol. The number of guanidine groups is 1. The zero-order valence-electron chi connectivity index (χ0n) is 20.4. The molecule has 1 unspecified atom stereocenters. The maximum atomic E-state index is 5.59. The van der Waals surface area contributed by atoms with Gasteiger partial charge < -0.3 is 29.7 Å². The first kappa shape index (κ1) is 24.6. The lowest BCUT2D eigenvalue weighted by Crippen LogP contribution is -2.51. The Morgan fingerprint density at radius 2 is 1.75 bits per heavy atom. The number of piperidine rings is 1. The molecule has 3 rings (SSSR count). The predicted molar refractivity (Wildman–Crippen MR) is 129 cm³/mol. The number of aliphatic imine (C=N–C) groups is 1. The molecular weight excluding hydrogens is 406 g/mol. The van der Waals surface area contributed by atoms with Crippen molar-refractivity contribution in [2.75, 3.05) is 67.2 Å². The van der Waals surface area contributed by atoms with Crippen molar-refractivity contribution >= 4 is 5.96 Å². The van der Waals surface area contributed by atoms with Crippen LogP contribution in [0.25, 0.3) is 0 Å². The van der Waals surface area contributed by atoms with E-state index in [2.05, 4.69) is 51.4 Å². The number of rotatable bonds is 8. The Morgan fingerprint density at radius 1 is 1.06 bits per heavy atom. The average Bonchev–Trinajstić information content (AvgIpc) is 2.84. The van der Waals surface area contributed by atoms with Crippen LogP contribution in [0.15, 0.2) is 23.2 Å². The fourth-order valence-electron chi connectivity index (χ4n) is 4.55. The molecule has 0 aromatic heterocycles. The first-order valence-corrected chi connectivity index (χ1v) is 11.8. The lowest BCUT2D eigenvalue weighted by molar-refractivity contribution is 0.0169. The summed E-state index contributed by atoms with van der Waals surface area (Å²) >= 11 is 0. The van der Waals surface area contributed by atoms with Crippen LogP contribution in [0.3, 0.4) is 0 Å². The van der Waals surface area contributed by atoms with Crippen LogP contribution in [0.5, 0.6) is 11.5 Å². The molecule has 2 aliphatic rings. The molecule has 0 aliphatic carbocycles. The molecule has 1 aromatic rings. The zero-order valence-corrected chi connectivity index (χ0v) is 20.4. The molecule has 0 radical (unpaired) electrons. The minimum Gasteiger partial charge on any atom is -0.493 e. The number of hydrogen-bond donors (Lipinski definition) is 2. The minimum atomic E-state index is 0.181. The van der Waals surface area contributed by atoms with Crippen molar-refractivity contribution in [1.82, 2.24) is 20.4 Å². The van der Waals surface area contributed by atoms with Gasteiger partial charge in [-0.05, 0) is 44.4 Å². The van der Waals surface area contributed by atoms with Gasteiger partial charge in [0.2, 0.25) is 0 Å². The molecule has 2 fully saturated rings. The fourth-order valence-corrected chi connectivity index (χ4v) is 4.55. The summed E-state index contributed by atoms with van der Waals surface area (Å²) in [6.07, 6.45) is 2.28. The van der Waals surface area contributed by atoms with E-state index in [-0.39, 0.29) is 6.04 Å². The van der Waals surface area contributed by atoms with E-state index in [1.165, 1.54) is 5.56 Å². The highest BCUT2D eigenvalue weighted by Crippen LogP contribution is 2.32. The molecule has 180 valence electrons. The maximum absolute atomic E-state index is 5.59. The Bertz CT molecular complexity index is 728. The average molecular weight is 448 g/mol. The molecule has 0 saturated carbocycles. The lowest BCUT2D eigenvalue weighted by Gasteiger charge is -2.37. The number of nitrogens with zero attached hydrogens (tertiary/aromatic N) is 3. The highest BCUT2D eigenvalue weighted by Gasteiger charge is 2.25. The Kier molecular flexibility index (Phi) is 9.44. The molecule has 2 N–H and O–H groups in total. The van der Waals surface area contributed by atoms with Gasteiger partial charge in [0.1, 0.15) is 0 Å². The number of methoxy groups -OCH3 is 2. The van der Waals surface area contributed by atoms with E-state index in [9.17, 15) is 0 Å². The van der Waals surface area contributed by atoms with Crippen LogP contribution in [0.4, 0.5) is 0 Å². The third-order valence-electron chi connectivity index (χ3n) is 6.57. The van der Waals surface area contributed by atoms with E-state index >= 15 is 0 Å². The topological polar surface area (TPSA) is 70.6 Å². The molecule has 8 heteroatoms. The Morgan fingerprint density at radius 3 is 2.34 bits per heavy atom. The van der Waals surface area contributed by atoms with Gasteiger partial charge >= 0.3 is 0 Å². The van der Waals surface area contributed by atoms with Crippen LogP contribution >= 0.6 is 0 Å². The van der Waals surface area contributed by atoms with Gasteiger partial charge in [-0.1, -0.05) is 6.07 Å². The van der Waals surface area contributed by atoms with E-state index in [1.54, 1.807) is 14.2 Å². The van der Waals surface area contributed by atoms with E-state index in [0.717, 1.165) is 76.2 Å². The van der Waals surface area contributed by atoms with Gasteiger partial charge in [-0.2, -0.15) is 0 Å². The summed E-state index contributed by atoms with van der Waals surface area (Å²) in [6, 6.07) is 7.44. The van der Waals surface area contributed by atoms with E-state index in [4.69, 9.17) is 14.2 Å². The van der Waals surface area contributed by atoms with E-state index < -0.39 is 0 Å². The summed E-state index contributed by atoms with van der Waals surface area (Å²) in [5.74, 6) is 2.37. The number of nitrogens with one attached hydrogen (secondary N) is 2. The number of likely N-dealkylation sites (tertiary alicyclic amines) is 1. The second kappa shape index (κ2) is 12.3. The molecule has 1 atom stereocenters. The second-order valence-corrected chi connectivity index (χ2v) is 8.78. The van der Waals surface area contributed by atoms with Crippen molar-refractivity contribution in [3.8, 4) is 11.5 Å². The van der Waals surface area contributed by atoms with Crippen molar-refractivity contribution in [3.63, 3.8) is 0 Å². The van der Waals surface area contributed by atoms with Crippen LogP contribution < -0.4 is 20.1 Å². The molecular formula is C24H41N5O3. The van der Waals surface area contributed by atoms with Crippen LogP contribution in [0.2, 0.25) is 0 Å². The van der Waals surface area contributed by atoms with Crippen molar-refractivity contribution in [2.45, 2.75) is 44.8 Å². The Labute approximate surface area is 193 Å². The standard InChI is InChI=1S/C24H41N5O3/c1-18(2)28-10-8-20(9-11-28)27-24(25-3)26-17-21(29-12-14-32-15-13-29)19-6-7-22(30-4)23(16-19)31-5/h6-7,16,18,20-21H,8-15,17H2,1-5H3,(H2,25,26,27). The summed E-state index contributed by atoms with van der Waals surface area (Å²) in [7, 11) is 5.19. The third kappa shape index (κ3) is 6.49. The quantitative estimate of drug-likeness (QED) is 0.467. The van der Waals surface area contributed by atoms with Gasteiger partial charge in [0.15, 0.2) is 17.5 Å². The normalized spacial score (nSPS) is 20.2. The largest absolute Gasteiger partial charge is 0.493 e. The maximum Gasteiger partial charge on any atom is 0.191 e. The van der Waals surface area contributed by atoms with Gasteiger partial charge in [0, 0.05) is 51.9 Å². The molecule has 2 saturated heterocycles. The number of hydrogen-bond acceptors (Lipinski definition) is 6. The van der Waals surface area contributed by atoms with Gasteiger partial charge in [0.05, 0.1) is 33.5 Å². The van der Waals surface area contributed by atoms with Crippen LogP contribution in [0.1, 0.15) is 38.3 Å². The summed E-state index contributed by atoms with van der Waals surface area (Å²) in [4.78, 5) is 9.51. The molecule has 0 amide bonds. The highest BCUT2D eigenvalue weighted by atomic mass is 16.5. The minimum absolute atomic E-state index is 0.181. The second-order valence-electron chi connectivity index (χ2n) is 8.78. The molecule has 0 bridgehead atoms. The summed E-state index contributed by atoms with van der Waals surface area (Å²) in [6.45, 7) is 10.9. The van der Waals surface area contributed by atoms with Crippen LogP contribution in [0, 0.1) is 0 Å². The molecule has 1 aromatic carbocycles. The lowest BCUT2D eigenvalue weighted by atomic mass is 10.0. The van der Waals surface area contributed by atoms with Crippen LogP contribution in [-0.2, 0) is 4.74 Å². The number of benzene rings is 1. The fraction of sp³-hybridized carbons (Fsp3) is 0.708. The van der Waals surface area contributed by atoms with Gasteiger partial charge in [0.25, 0.3) is 0 Å². The Hall–Kier alpha value is -2.03. The summed E-state index contributed by atoms with van der Waals surface area (Å²) < 4.78 is 16.6. The zero-order chi connectivity index (χ0) is 22.9. The number of morpholine rings is 1. The first-order chi connectivity index (χ1) is 15.5. The highest BCUT2D eigenvalue weighted by molar-refractivity contribution is 5.80. The summed E-state index contributed by atoms with van der Waals surface area (Å²) in [5.41, 5.74) is 1.19. The van der Waals surface area contributed by atoms with Crippen molar-refractivity contribution < 1.29 is 14.2 Å². The van der Waals surface area contributed by atoms with Gasteiger partial charge in [-0.3, -0.25) is 9.89 Å². The number of ether oxygens (including phenoxy) is 3. The summed E-state index contributed by atoms with van der Waals surface area (Å²) in [5, 5.41) is 7.22. The smallest absolute Gasteiger partial charge is 0.191 e. The van der Waals surface area contributed by atoms with Gasteiger partial charge in [-0.15, -0.1) is 0 Å². The van der Waals surface area contributed by atoms with Crippen LogP contribution in [-0.4, -0.2) is 95.0 Å². The molecule has 2 aliphatic heterocycles. The van der Waals surface area contributed by atoms with E-state index in [0.29, 0.717) is 12.1 Å².